The molecule has 2 aromatic rings. The number of hydrogen-bond donors (Lipinski definition) is 2. The van der Waals surface area contributed by atoms with Gasteiger partial charge in [0.25, 0.3) is 0 Å². The summed E-state index contributed by atoms with van der Waals surface area (Å²) in [5.74, 6) is 0.207. The predicted molar refractivity (Wildman–Crippen MR) is 111 cm³/mol. The summed E-state index contributed by atoms with van der Waals surface area (Å²) in [6.07, 6.45) is 7.93. The lowest BCUT2D eigenvalue weighted by atomic mass is 10.1. The van der Waals surface area contributed by atoms with Crippen LogP contribution in [0.15, 0.2) is 60.5 Å². The van der Waals surface area contributed by atoms with Crippen molar-refractivity contribution in [3.05, 3.63) is 77.5 Å². The van der Waals surface area contributed by atoms with Gasteiger partial charge in [-0.05, 0) is 61.6 Å². The second-order valence-corrected chi connectivity index (χ2v) is 6.77. The minimum Gasteiger partial charge on any atom is -0.396 e. The van der Waals surface area contributed by atoms with Crippen molar-refractivity contribution < 1.29 is 4.39 Å². The first-order valence-corrected chi connectivity index (χ1v) is 9.03. The number of nitrogens with two attached hydrogens (primary N) is 1. The summed E-state index contributed by atoms with van der Waals surface area (Å²) in [4.78, 5) is 12.9. The second kappa shape index (κ2) is 8.67. The van der Waals surface area contributed by atoms with Gasteiger partial charge in [0.05, 0.1) is 17.1 Å². The molecule has 1 aliphatic rings. The van der Waals surface area contributed by atoms with E-state index in [0.717, 1.165) is 17.8 Å². The first kappa shape index (κ1) is 19.6. The van der Waals surface area contributed by atoms with Gasteiger partial charge >= 0.3 is 0 Å². The zero-order valence-corrected chi connectivity index (χ0v) is 16.4. The Labute approximate surface area is 164 Å². The molecule has 0 saturated carbocycles. The normalized spacial score (nSPS) is 14.8. The molecule has 2 heterocycles. The molecule has 7 heteroatoms. The van der Waals surface area contributed by atoms with Crippen molar-refractivity contribution in [2.75, 3.05) is 39.5 Å². The number of nitrogens with zero attached hydrogens (tertiary/aromatic N) is 4. The highest BCUT2D eigenvalue weighted by Crippen LogP contribution is 2.28. The van der Waals surface area contributed by atoms with Crippen LogP contribution in [0.3, 0.4) is 0 Å². The van der Waals surface area contributed by atoms with E-state index < -0.39 is 0 Å². The minimum atomic E-state index is -0.299. The first-order valence-electron chi connectivity index (χ1n) is 9.03. The number of benzene rings is 1. The minimum absolute atomic E-state index is 0.299. The number of hydrogen-bond acceptors (Lipinski definition) is 6. The summed E-state index contributed by atoms with van der Waals surface area (Å²) in [5.41, 5.74) is 10.5. The number of rotatable bonds is 6. The Balaban J connectivity index is 2.03. The molecular weight excluding hydrogens is 355 g/mol. The van der Waals surface area contributed by atoms with E-state index in [1.807, 2.05) is 31.3 Å². The Morgan fingerprint density at radius 2 is 2.00 bits per heavy atom. The van der Waals surface area contributed by atoms with Crippen molar-refractivity contribution in [3.8, 4) is 0 Å². The van der Waals surface area contributed by atoms with Crippen molar-refractivity contribution >= 4 is 17.3 Å². The molecule has 0 bridgehead atoms. The number of anilines is 1. The van der Waals surface area contributed by atoms with E-state index in [1.54, 1.807) is 25.4 Å². The third-order valence-corrected chi connectivity index (χ3v) is 4.34. The standard InChI is InChI=1S/C21H25FN6/c1-24-21-25-11-8-18(26-21)20(19(23)16-4-6-17(22)7-5-16)28-12-9-15(10-13-28)14-27(2)3/h4-12H,13-14,23H2,1-3H3,(H,24,25,26)/b20-19-. The Morgan fingerprint density at radius 1 is 1.25 bits per heavy atom. The van der Waals surface area contributed by atoms with Crippen molar-refractivity contribution in [1.29, 1.82) is 0 Å². The van der Waals surface area contributed by atoms with Gasteiger partial charge in [-0.2, -0.15) is 0 Å². The van der Waals surface area contributed by atoms with E-state index in [2.05, 4.69) is 32.3 Å². The smallest absolute Gasteiger partial charge is 0.222 e. The SMILES string of the molecule is CNc1nccc(/C(=C(/N)c2ccc(F)cc2)N2C=CC(CN(C)C)=CC2)n1. The van der Waals surface area contributed by atoms with Gasteiger partial charge in [-0.15, -0.1) is 0 Å². The molecule has 0 atom stereocenters. The van der Waals surface area contributed by atoms with E-state index >= 15 is 0 Å². The molecule has 0 unspecified atom stereocenters. The molecule has 0 saturated heterocycles. The zero-order valence-electron chi connectivity index (χ0n) is 16.4. The molecule has 1 aliphatic heterocycles. The molecule has 3 rings (SSSR count). The van der Waals surface area contributed by atoms with Crippen LogP contribution in [-0.2, 0) is 0 Å². The van der Waals surface area contributed by atoms with Crippen molar-refractivity contribution in [2.45, 2.75) is 0 Å². The largest absolute Gasteiger partial charge is 0.396 e. The van der Waals surface area contributed by atoms with Crippen LogP contribution >= 0.6 is 0 Å². The lowest BCUT2D eigenvalue weighted by Gasteiger charge is -2.27. The van der Waals surface area contributed by atoms with Crippen LogP contribution in [0.5, 0.6) is 0 Å². The van der Waals surface area contributed by atoms with E-state index in [-0.39, 0.29) is 5.82 Å². The molecule has 146 valence electrons. The van der Waals surface area contributed by atoms with Gasteiger partial charge in [0.1, 0.15) is 5.82 Å². The van der Waals surface area contributed by atoms with E-state index in [4.69, 9.17) is 5.73 Å². The average molecular weight is 380 g/mol. The first-order chi connectivity index (χ1) is 13.5. The Hall–Kier alpha value is -3.19. The summed E-state index contributed by atoms with van der Waals surface area (Å²) in [6, 6.07) is 7.97. The summed E-state index contributed by atoms with van der Waals surface area (Å²) < 4.78 is 13.4. The second-order valence-electron chi connectivity index (χ2n) is 6.77. The highest BCUT2D eigenvalue weighted by Gasteiger charge is 2.19. The van der Waals surface area contributed by atoms with Crippen LogP contribution in [-0.4, -0.2) is 54.0 Å². The van der Waals surface area contributed by atoms with E-state index in [1.165, 1.54) is 17.7 Å². The lowest BCUT2D eigenvalue weighted by Crippen LogP contribution is -2.24. The van der Waals surface area contributed by atoms with E-state index in [9.17, 15) is 4.39 Å². The fourth-order valence-corrected chi connectivity index (χ4v) is 3.00. The maximum atomic E-state index is 13.4. The number of aromatic nitrogens is 2. The maximum absolute atomic E-state index is 13.4. The predicted octanol–water partition coefficient (Wildman–Crippen LogP) is 2.76. The summed E-state index contributed by atoms with van der Waals surface area (Å²) in [5, 5.41) is 2.95. The van der Waals surface area contributed by atoms with Crippen LogP contribution in [0.25, 0.3) is 11.4 Å². The van der Waals surface area contributed by atoms with Crippen LogP contribution in [0, 0.1) is 5.82 Å². The Bertz CT molecular complexity index is 915. The lowest BCUT2D eigenvalue weighted by molar-refractivity contribution is 0.444. The van der Waals surface area contributed by atoms with Gasteiger partial charge in [0.2, 0.25) is 5.95 Å². The topological polar surface area (TPSA) is 70.3 Å². The molecule has 0 radical (unpaired) electrons. The molecule has 28 heavy (non-hydrogen) atoms. The monoisotopic (exact) mass is 380 g/mol. The van der Waals surface area contributed by atoms with Gasteiger partial charge in [-0.3, -0.25) is 0 Å². The summed E-state index contributed by atoms with van der Waals surface area (Å²) >= 11 is 0. The molecule has 3 N–H and O–H groups in total. The van der Waals surface area contributed by atoms with Gasteiger partial charge in [0, 0.05) is 32.5 Å². The molecule has 0 amide bonds. The highest BCUT2D eigenvalue weighted by molar-refractivity contribution is 5.88. The Kier molecular flexibility index (Phi) is 6.06. The third-order valence-electron chi connectivity index (χ3n) is 4.34. The van der Waals surface area contributed by atoms with Crippen molar-refractivity contribution in [2.24, 2.45) is 5.73 Å². The molecule has 0 aliphatic carbocycles. The van der Waals surface area contributed by atoms with Crippen LogP contribution in [0.4, 0.5) is 10.3 Å². The van der Waals surface area contributed by atoms with Gasteiger partial charge in [-0.25, -0.2) is 14.4 Å². The average Bonchev–Trinajstić information content (AvgIpc) is 2.70. The molecule has 1 aromatic carbocycles. The van der Waals surface area contributed by atoms with E-state index in [0.29, 0.717) is 23.9 Å². The van der Waals surface area contributed by atoms with Gasteiger partial charge in [-0.1, -0.05) is 6.08 Å². The third kappa shape index (κ3) is 4.55. The molecular formula is C21H25FN6. The number of halogens is 1. The zero-order chi connectivity index (χ0) is 20.1. The van der Waals surface area contributed by atoms with Crippen LogP contribution in [0.2, 0.25) is 0 Å². The molecule has 1 aromatic heterocycles. The highest BCUT2D eigenvalue weighted by atomic mass is 19.1. The molecule has 0 spiro atoms. The van der Waals surface area contributed by atoms with Crippen LogP contribution in [0.1, 0.15) is 11.3 Å². The number of nitrogens with one attached hydrogen (secondary N) is 1. The van der Waals surface area contributed by atoms with Crippen LogP contribution < -0.4 is 11.1 Å². The fourth-order valence-electron chi connectivity index (χ4n) is 3.00. The van der Waals surface area contributed by atoms with Gasteiger partial charge in [0.15, 0.2) is 0 Å². The number of likely N-dealkylation sites (N-methyl/N-ethyl adjacent to an activating group) is 1. The summed E-state index contributed by atoms with van der Waals surface area (Å²) in [6.45, 7) is 1.53. The maximum Gasteiger partial charge on any atom is 0.222 e. The van der Waals surface area contributed by atoms with Crippen molar-refractivity contribution in [3.63, 3.8) is 0 Å². The quantitative estimate of drug-likeness (QED) is 0.803. The molecule has 0 fully saturated rings. The van der Waals surface area contributed by atoms with Crippen molar-refractivity contribution in [1.82, 2.24) is 19.8 Å². The summed E-state index contributed by atoms with van der Waals surface area (Å²) in [7, 11) is 5.85. The van der Waals surface area contributed by atoms with Gasteiger partial charge < -0.3 is 20.9 Å². The fraction of sp³-hybridized carbons (Fsp3) is 0.238. The Morgan fingerprint density at radius 3 is 2.61 bits per heavy atom. The molecule has 6 nitrogen and oxygen atoms in total.